The third-order valence-electron chi connectivity index (χ3n) is 2.37. The van der Waals surface area contributed by atoms with Gasteiger partial charge in [0.1, 0.15) is 5.75 Å². The van der Waals surface area contributed by atoms with E-state index in [0.29, 0.717) is 5.56 Å². The molecule has 0 spiro atoms. The molecule has 0 aliphatic rings. The monoisotopic (exact) mass is 258 g/mol. The molecule has 0 heterocycles. The van der Waals surface area contributed by atoms with Crippen molar-refractivity contribution in [2.75, 3.05) is 0 Å². The normalized spacial score (nSPS) is 14.7. The molecule has 98 valence electrons. The molecule has 0 amide bonds. The molecule has 1 aromatic rings. The van der Waals surface area contributed by atoms with Gasteiger partial charge in [0.05, 0.1) is 11.6 Å². The fourth-order valence-corrected chi connectivity index (χ4v) is 1.41. The Kier molecular flexibility index (Phi) is 4.19. The van der Waals surface area contributed by atoms with E-state index >= 15 is 0 Å². The van der Waals surface area contributed by atoms with Gasteiger partial charge in [0, 0.05) is 6.04 Å². The lowest BCUT2D eigenvalue weighted by molar-refractivity contribution is -0.199. The van der Waals surface area contributed by atoms with Gasteiger partial charge in [0.2, 0.25) is 6.10 Å². The minimum atomic E-state index is -4.55. The molecule has 0 aliphatic heterocycles. The summed E-state index contributed by atoms with van der Waals surface area (Å²) < 4.78 is 43.0. The molecule has 0 fully saturated rings. The van der Waals surface area contributed by atoms with Crippen LogP contribution in [-0.2, 0) is 0 Å². The second-order valence-corrected chi connectivity index (χ2v) is 4.03. The van der Waals surface area contributed by atoms with Crippen molar-refractivity contribution in [1.29, 1.82) is 5.26 Å². The second-order valence-electron chi connectivity index (χ2n) is 4.03. The topological polar surface area (TPSA) is 59.0 Å². The molecule has 0 radical (unpaired) electrons. The Hall–Kier alpha value is -1.74. The SMILES string of the molecule is Cc1ccc(C#N)cc1OC(C(C)N)C(F)(F)F. The van der Waals surface area contributed by atoms with E-state index < -0.39 is 18.3 Å². The average Bonchev–Trinajstić information content (AvgIpc) is 2.25. The Morgan fingerprint density at radius 2 is 2.00 bits per heavy atom. The summed E-state index contributed by atoms with van der Waals surface area (Å²) in [7, 11) is 0. The van der Waals surface area contributed by atoms with Gasteiger partial charge >= 0.3 is 6.18 Å². The molecule has 0 aliphatic carbocycles. The highest BCUT2D eigenvalue weighted by Gasteiger charge is 2.44. The van der Waals surface area contributed by atoms with Crippen LogP contribution in [0.2, 0.25) is 0 Å². The van der Waals surface area contributed by atoms with Gasteiger partial charge in [-0.05, 0) is 31.5 Å². The van der Waals surface area contributed by atoms with Crippen molar-refractivity contribution in [2.24, 2.45) is 5.73 Å². The number of nitrogens with two attached hydrogens (primary N) is 1. The van der Waals surface area contributed by atoms with Crippen LogP contribution in [0.5, 0.6) is 5.75 Å². The van der Waals surface area contributed by atoms with Crippen LogP contribution >= 0.6 is 0 Å². The zero-order valence-electron chi connectivity index (χ0n) is 9.95. The lowest BCUT2D eigenvalue weighted by atomic mass is 10.1. The minimum Gasteiger partial charge on any atom is -0.479 e. The first kappa shape index (κ1) is 14.3. The summed E-state index contributed by atoms with van der Waals surface area (Å²) in [6, 6.07) is 4.96. The van der Waals surface area contributed by atoms with Crippen molar-refractivity contribution in [3.63, 3.8) is 0 Å². The van der Waals surface area contributed by atoms with Crippen LogP contribution in [-0.4, -0.2) is 18.3 Å². The average molecular weight is 258 g/mol. The maximum atomic E-state index is 12.7. The van der Waals surface area contributed by atoms with Crippen molar-refractivity contribution in [3.8, 4) is 11.8 Å². The van der Waals surface area contributed by atoms with E-state index in [4.69, 9.17) is 15.7 Å². The maximum absolute atomic E-state index is 12.7. The molecule has 18 heavy (non-hydrogen) atoms. The van der Waals surface area contributed by atoms with Crippen LogP contribution in [0.3, 0.4) is 0 Å². The zero-order chi connectivity index (χ0) is 13.9. The van der Waals surface area contributed by atoms with Gasteiger partial charge in [0.25, 0.3) is 0 Å². The number of hydrogen-bond donors (Lipinski definition) is 1. The molecular weight excluding hydrogens is 245 g/mol. The summed E-state index contributed by atoms with van der Waals surface area (Å²) in [5, 5.41) is 8.70. The van der Waals surface area contributed by atoms with E-state index in [9.17, 15) is 13.2 Å². The van der Waals surface area contributed by atoms with Crippen molar-refractivity contribution < 1.29 is 17.9 Å². The second kappa shape index (κ2) is 5.27. The largest absolute Gasteiger partial charge is 0.479 e. The van der Waals surface area contributed by atoms with Crippen molar-refractivity contribution in [1.82, 2.24) is 0 Å². The minimum absolute atomic E-state index is 0.0219. The molecule has 1 rings (SSSR count). The molecule has 2 unspecified atom stereocenters. The number of alkyl halides is 3. The van der Waals surface area contributed by atoms with Gasteiger partial charge < -0.3 is 10.5 Å². The number of hydrogen-bond acceptors (Lipinski definition) is 3. The van der Waals surface area contributed by atoms with Crippen molar-refractivity contribution in [3.05, 3.63) is 29.3 Å². The number of halogens is 3. The number of nitriles is 1. The first-order valence-corrected chi connectivity index (χ1v) is 5.25. The highest BCUT2D eigenvalue weighted by atomic mass is 19.4. The Labute approximate surface area is 103 Å². The van der Waals surface area contributed by atoms with Gasteiger partial charge in [-0.1, -0.05) is 6.07 Å². The smallest absolute Gasteiger partial charge is 0.426 e. The lowest BCUT2D eigenvalue weighted by Crippen LogP contribution is -2.47. The van der Waals surface area contributed by atoms with Crippen LogP contribution < -0.4 is 10.5 Å². The molecule has 2 N–H and O–H groups in total. The molecule has 0 saturated heterocycles. The summed E-state index contributed by atoms with van der Waals surface area (Å²) in [5.74, 6) is 0.0219. The first-order chi connectivity index (χ1) is 8.25. The van der Waals surface area contributed by atoms with E-state index in [1.54, 1.807) is 6.92 Å². The summed E-state index contributed by atoms with van der Waals surface area (Å²) in [5.41, 5.74) is 6.04. The fourth-order valence-electron chi connectivity index (χ4n) is 1.41. The lowest BCUT2D eigenvalue weighted by Gasteiger charge is -2.25. The van der Waals surface area contributed by atoms with E-state index in [1.165, 1.54) is 25.1 Å². The Morgan fingerprint density at radius 1 is 1.39 bits per heavy atom. The highest BCUT2D eigenvalue weighted by Crippen LogP contribution is 2.29. The molecule has 0 saturated carbocycles. The summed E-state index contributed by atoms with van der Waals surface area (Å²) >= 11 is 0. The molecule has 1 aromatic carbocycles. The number of nitrogens with zero attached hydrogens (tertiary/aromatic N) is 1. The van der Waals surface area contributed by atoms with E-state index in [-0.39, 0.29) is 11.3 Å². The van der Waals surface area contributed by atoms with Crippen LogP contribution in [0.25, 0.3) is 0 Å². The third kappa shape index (κ3) is 3.37. The Balaban J connectivity index is 3.05. The van der Waals surface area contributed by atoms with Crippen LogP contribution in [0.1, 0.15) is 18.1 Å². The predicted molar refractivity (Wildman–Crippen MR) is 60.0 cm³/mol. The quantitative estimate of drug-likeness (QED) is 0.906. The molecule has 3 nitrogen and oxygen atoms in total. The number of aryl methyl sites for hydroxylation is 1. The molecule has 0 bridgehead atoms. The number of rotatable bonds is 3. The number of benzene rings is 1. The number of ether oxygens (including phenoxy) is 1. The first-order valence-electron chi connectivity index (χ1n) is 5.25. The highest BCUT2D eigenvalue weighted by molar-refractivity contribution is 5.42. The van der Waals surface area contributed by atoms with Gasteiger partial charge in [-0.25, -0.2) is 0 Å². The molecule has 2 atom stereocenters. The van der Waals surface area contributed by atoms with Gasteiger partial charge in [-0.15, -0.1) is 0 Å². The van der Waals surface area contributed by atoms with Gasteiger partial charge in [0.15, 0.2) is 0 Å². The molecular formula is C12H13F3N2O. The van der Waals surface area contributed by atoms with Gasteiger partial charge in [-0.3, -0.25) is 0 Å². The van der Waals surface area contributed by atoms with Gasteiger partial charge in [-0.2, -0.15) is 18.4 Å². The van der Waals surface area contributed by atoms with Crippen LogP contribution in [0.4, 0.5) is 13.2 Å². The van der Waals surface area contributed by atoms with E-state index in [0.717, 1.165) is 0 Å². The third-order valence-corrected chi connectivity index (χ3v) is 2.37. The van der Waals surface area contributed by atoms with E-state index in [1.807, 2.05) is 6.07 Å². The Bertz CT molecular complexity index is 463. The van der Waals surface area contributed by atoms with Crippen LogP contribution in [0, 0.1) is 18.3 Å². The fraction of sp³-hybridized carbons (Fsp3) is 0.417. The zero-order valence-corrected chi connectivity index (χ0v) is 9.95. The standard InChI is InChI=1S/C12H13F3N2O/c1-7-3-4-9(6-16)5-10(7)18-11(8(2)17)12(13,14)15/h3-5,8,11H,17H2,1-2H3. The van der Waals surface area contributed by atoms with Crippen LogP contribution in [0.15, 0.2) is 18.2 Å². The van der Waals surface area contributed by atoms with E-state index in [2.05, 4.69) is 0 Å². The summed E-state index contributed by atoms with van der Waals surface area (Å²) in [6.07, 6.45) is -6.64. The summed E-state index contributed by atoms with van der Waals surface area (Å²) in [6.45, 7) is 2.83. The molecule has 0 aromatic heterocycles. The Morgan fingerprint density at radius 3 is 2.44 bits per heavy atom. The predicted octanol–water partition coefficient (Wildman–Crippen LogP) is 2.52. The summed E-state index contributed by atoms with van der Waals surface area (Å²) in [4.78, 5) is 0. The van der Waals surface area contributed by atoms with Crippen molar-refractivity contribution >= 4 is 0 Å². The molecule has 6 heteroatoms. The maximum Gasteiger partial charge on any atom is 0.426 e. The van der Waals surface area contributed by atoms with Crippen molar-refractivity contribution in [2.45, 2.75) is 32.2 Å².